The molecule has 2 aromatic rings. The molecule has 19 heavy (non-hydrogen) atoms. The molecule has 0 radical (unpaired) electrons. The molecule has 0 aliphatic carbocycles. The van der Waals surface area contributed by atoms with Crippen LogP contribution in [-0.4, -0.2) is 6.54 Å². The summed E-state index contributed by atoms with van der Waals surface area (Å²) in [4.78, 5) is 0. The normalized spacial score (nSPS) is 13.5. The van der Waals surface area contributed by atoms with Crippen LogP contribution in [0.4, 0.5) is 13.2 Å². The quantitative estimate of drug-likeness (QED) is 0.907. The van der Waals surface area contributed by atoms with Gasteiger partial charge in [0.25, 0.3) is 0 Å². The minimum absolute atomic E-state index is 0.207. The van der Waals surface area contributed by atoms with Crippen molar-refractivity contribution in [2.45, 2.75) is 19.1 Å². The lowest BCUT2D eigenvalue weighted by Crippen LogP contribution is -2.24. The van der Waals surface area contributed by atoms with E-state index < -0.39 is 17.8 Å². The Morgan fingerprint density at radius 2 is 1.95 bits per heavy atom. The van der Waals surface area contributed by atoms with Gasteiger partial charge in [-0.2, -0.15) is 13.2 Å². The van der Waals surface area contributed by atoms with E-state index in [0.717, 1.165) is 6.07 Å². The van der Waals surface area contributed by atoms with Gasteiger partial charge in [0.15, 0.2) is 0 Å². The largest absolute Gasteiger partial charge is 0.472 e. The van der Waals surface area contributed by atoms with Crippen LogP contribution >= 0.6 is 0 Å². The zero-order valence-electron chi connectivity index (χ0n) is 10.4. The van der Waals surface area contributed by atoms with Crippen LogP contribution in [0.3, 0.4) is 0 Å². The second kappa shape index (κ2) is 5.48. The third-order valence-corrected chi connectivity index (χ3v) is 2.86. The van der Waals surface area contributed by atoms with E-state index >= 15 is 0 Å². The number of halogens is 3. The van der Waals surface area contributed by atoms with E-state index in [1.54, 1.807) is 12.1 Å². The first-order chi connectivity index (χ1) is 9.04. The first kappa shape index (κ1) is 13.7. The molecular weight excluding hydrogens is 255 g/mol. The number of alkyl halides is 3. The highest BCUT2D eigenvalue weighted by atomic mass is 19.4. The van der Waals surface area contributed by atoms with E-state index in [0.29, 0.717) is 12.1 Å². The van der Waals surface area contributed by atoms with Gasteiger partial charge in [-0.25, -0.2) is 0 Å². The number of furan rings is 1. The highest BCUT2D eigenvalue weighted by molar-refractivity contribution is 5.37. The molecule has 0 saturated heterocycles. The molecule has 1 heterocycles. The summed E-state index contributed by atoms with van der Waals surface area (Å²) in [5.74, 6) is 0. The van der Waals surface area contributed by atoms with E-state index in [1.807, 2.05) is 6.92 Å². The van der Waals surface area contributed by atoms with Gasteiger partial charge in [-0.05, 0) is 24.2 Å². The van der Waals surface area contributed by atoms with Crippen molar-refractivity contribution in [3.8, 4) is 0 Å². The van der Waals surface area contributed by atoms with Gasteiger partial charge in [-0.3, -0.25) is 0 Å². The van der Waals surface area contributed by atoms with Crippen LogP contribution in [0.15, 0.2) is 47.3 Å². The molecule has 102 valence electrons. The minimum Gasteiger partial charge on any atom is -0.472 e. The molecule has 0 amide bonds. The summed E-state index contributed by atoms with van der Waals surface area (Å²) in [7, 11) is 0. The molecule has 0 aliphatic heterocycles. The number of hydrogen-bond donors (Lipinski definition) is 1. The maximum Gasteiger partial charge on any atom is 0.416 e. The van der Waals surface area contributed by atoms with Crippen LogP contribution in [0.25, 0.3) is 0 Å². The van der Waals surface area contributed by atoms with Gasteiger partial charge in [-0.15, -0.1) is 0 Å². The third kappa shape index (κ3) is 2.98. The Labute approximate surface area is 109 Å². The molecule has 2 nitrogen and oxygen atoms in total. The summed E-state index contributed by atoms with van der Waals surface area (Å²) < 4.78 is 44.1. The number of rotatable bonds is 4. The van der Waals surface area contributed by atoms with Crippen molar-refractivity contribution in [1.29, 1.82) is 0 Å². The maximum absolute atomic E-state index is 13.0. The van der Waals surface area contributed by atoms with Crippen LogP contribution in [0.2, 0.25) is 0 Å². The Hall–Kier alpha value is -1.75. The fourth-order valence-electron chi connectivity index (χ4n) is 2.06. The minimum atomic E-state index is -4.37. The number of hydrogen-bond acceptors (Lipinski definition) is 2. The third-order valence-electron chi connectivity index (χ3n) is 2.86. The average molecular weight is 269 g/mol. The van der Waals surface area contributed by atoms with Crippen LogP contribution in [0.1, 0.15) is 29.7 Å². The lowest BCUT2D eigenvalue weighted by atomic mass is 9.95. The summed E-state index contributed by atoms with van der Waals surface area (Å²) in [5.41, 5.74) is 0.263. The Bertz CT molecular complexity index is 520. The molecule has 0 saturated carbocycles. The lowest BCUT2D eigenvalue weighted by Gasteiger charge is -2.21. The van der Waals surface area contributed by atoms with E-state index in [4.69, 9.17) is 4.42 Å². The van der Waals surface area contributed by atoms with Gasteiger partial charge in [-0.1, -0.05) is 25.1 Å². The van der Waals surface area contributed by atoms with Crippen molar-refractivity contribution in [2.75, 3.05) is 6.54 Å². The van der Waals surface area contributed by atoms with Crippen LogP contribution in [0, 0.1) is 0 Å². The van der Waals surface area contributed by atoms with Gasteiger partial charge >= 0.3 is 6.18 Å². The van der Waals surface area contributed by atoms with E-state index in [2.05, 4.69) is 5.32 Å². The van der Waals surface area contributed by atoms with E-state index in [-0.39, 0.29) is 5.56 Å². The standard InChI is InChI=1S/C14H14F3NO/c1-2-18-13(10-7-8-19-9-10)11-5-3-4-6-12(11)14(15,16)17/h3-9,13,18H,2H2,1H3. The van der Waals surface area contributed by atoms with Crippen molar-refractivity contribution in [1.82, 2.24) is 5.32 Å². The summed E-state index contributed by atoms with van der Waals surface area (Å²) in [6.45, 7) is 2.41. The first-order valence-corrected chi connectivity index (χ1v) is 5.95. The number of nitrogens with one attached hydrogen (secondary N) is 1. The smallest absolute Gasteiger partial charge is 0.416 e. The molecule has 1 atom stereocenters. The highest BCUT2D eigenvalue weighted by Crippen LogP contribution is 2.36. The molecule has 1 aromatic heterocycles. The van der Waals surface area contributed by atoms with Gasteiger partial charge < -0.3 is 9.73 Å². The van der Waals surface area contributed by atoms with E-state index in [9.17, 15) is 13.2 Å². The molecule has 0 fully saturated rings. The van der Waals surface area contributed by atoms with Crippen LogP contribution in [0.5, 0.6) is 0 Å². The Kier molecular flexibility index (Phi) is 3.95. The molecule has 5 heteroatoms. The highest BCUT2D eigenvalue weighted by Gasteiger charge is 2.35. The van der Waals surface area contributed by atoms with Crippen molar-refractivity contribution < 1.29 is 17.6 Å². The van der Waals surface area contributed by atoms with Crippen molar-refractivity contribution >= 4 is 0 Å². The van der Waals surface area contributed by atoms with Gasteiger partial charge in [0.2, 0.25) is 0 Å². The second-order valence-electron chi connectivity index (χ2n) is 4.13. The summed E-state index contributed by atoms with van der Waals surface area (Å²) >= 11 is 0. The molecule has 0 aliphatic rings. The summed E-state index contributed by atoms with van der Waals surface area (Å²) in [6, 6.07) is 6.73. The Morgan fingerprint density at radius 3 is 2.53 bits per heavy atom. The predicted octanol–water partition coefficient (Wildman–Crippen LogP) is 4.00. The first-order valence-electron chi connectivity index (χ1n) is 5.95. The summed E-state index contributed by atoms with van der Waals surface area (Å²) in [5, 5.41) is 3.05. The monoisotopic (exact) mass is 269 g/mol. The average Bonchev–Trinajstić information content (AvgIpc) is 2.88. The zero-order valence-corrected chi connectivity index (χ0v) is 10.4. The molecule has 1 aromatic carbocycles. The maximum atomic E-state index is 13.0. The van der Waals surface area contributed by atoms with Crippen molar-refractivity contribution in [3.05, 3.63) is 59.5 Å². The second-order valence-corrected chi connectivity index (χ2v) is 4.13. The van der Waals surface area contributed by atoms with Crippen LogP contribution < -0.4 is 5.32 Å². The SMILES string of the molecule is CCNC(c1ccoc1)c1ccccc1C(F)(F)F. The van der Waals surface area contributed by atoms with Gasteiger partial charge in [0, 0.05) is 5.56 Å². The van der Waals surface area contributed by atoms with Gasteiger partial charge in [0.05, 0.1) is 24.1 Å². The van der Waals surface area contributed by atoms with Crippen LogP contribution in [-0.2, 0) is 6.18 Å². The fraction of sp³-hybridized carbons (Fsp3) is 0.286. The van der Waals surface area contributed by atoms with Crippen molar-refractivity contribution in [2.24, 2.45) is 0 Å². The molecule has 0 bridgehead atoms. The van der Waals surface area contributed by atoms with E-state index in [1.165, 1.54) is 24.7 Å². The Morgan fingerprint density at radius 1 is 1.21 bits per heavy atom. The number of benzene rings is 1. The zero-order chi connectivity index (χ0) is 13.9. The van der Waals surface area contributed by atoms with Gasteiger partial charge in [0.1, 0.15) is 0 Å². The topological polar surface area (TPSA) is 25.2 Å². The summed E-state index contributed by atoms with van der Waals surface area (Å²) in [6.07, 6.45) is -1.45. The molecular formula is C14H14F3NO. The molecule has 1 unspecified atom stereocenters. The molecule has 1 N–H and O–H groups in total. The molecule has 0 spiro atoms. The fourth-order valence-corrected chi connectivity index (χ4v) is 2.06. The lowest BCUT2D eigenvalue weighted by molar-refractivity contribution is -0.138. The predicted molar refractivity (Wildman–Crippen MR) is 65.7 cm³/mol. The van der Waals surface area contributed by atoms with Crippen molar-refractivity contribution in [3.63, 3.8) is 0 Å². The Balaban J connectivity index is 2.48. The molecule has 2 rings (SSSR count).